The summed E-state index contributed by atoms with van der Waals surface area (Å²) in [6.07, 6.45) is 0. The number of rotatable bonds is 8. The molecule has 0 atom stereocenters. The number of H-pyrrole nitrogens is 1. The second-order valence-corrected chi connectivity index (χ2v) is 8.11. The monoisotopic (exact) mass is 432 g/mol. The molecule has 0 saturated carbocycles. The second-order valence-electron chi connectivity index (χ2n) is 6.35. The van der Waals surface area contributed by atoms with Gasteiger partial charge in [0.15, 0.2) is 5.82 Å². The quantitative estimate of drug-likeness (QED) is 0.458. The van der Waals surface area contributed by atoms with E-state index >= 15 is 0 Å². The maximum absolute atomic E-state index is 12.8. The molecule has 1 aromatic heterocycles. The van der Waals surface area contributed by atoms with Crippen LogP contribution in [0.5, 0.6) is 0 Å². The average molecular weight is 432 g/mol. The number of aromatic amines is 1. The highest BCUT2D eigenvalue weighted by Gasteiger charge is 2.18. The Balaban J connectivity index is 1.83. The molecule has 158 valence electrons. The van der Waals surface area contributed by atoms with Gasteiger partial charge in [-0.2, -0.15) is 0 Å². The highest BCUT2D eigenvalue weighted by atomic mass is 32.2. The molecule has 0 saturated heterocycles. The number of ether oxygens (including phenoxy) is 1. The lowest BCUT2D eigenvalue weighted by Crippen LogP contribution is -2.27. The molecule has 3 aromatic rings. The number of nitrogens with zero attached hydrogens (tertiary/aromatic N) is 1. The lowest BCUT2D eigenvalue weighted by atomic mass is 10.1. The third-order valence-corrected chi connectivity index (χ3v) is 5.66. The molecule has 0 unspecified atom stereocenters. The number of carbonyl (C=O) groups excluding carboxylic acids is 1. The maximum atomic E-state index is 12.8. The molecule has 2 aromatic carbocycles. The van der Waals surface area contributed by atoms with Gasteiger partial charge in [0.05, 0.1) is 11.5 Å². The first-order chi connectivity index (χ1) is 14.3. The van der Waals surface area contributed by atoms with Crippen LogP contribution >= 0.6 is 0 Å². The van der Waals surface area contributed by atoms with Gasteiger partial charge in [-0.1, -0.05) is 23.4 Å². The topological polar surface area (TPSA) is 143 Å². The number of methoxy groups -OCH3 is 1. The third kappa shape index (κ3) is 5.00. The van der Waals surface area contributed by atoms with Crippen LogP contribution in [0.25, 0.3) is 11.4 Å². The van der Waals surface area contributed by atoms with Gasteiger partial charge in [0.1, 0.15) is 0 Å². The van der Waals surface area contributed by atoms with Crippen molar-refractivity contribution in [3.8, 4) is 11.4 Å². The SMILES string of the molecule is COCCNS(=O)(=O)c1ccc(C)c(C(=O)Nc2cccc(-c3noc(=O)[nH]3)c2)c1. The van der Waals surface area contributed by atoms with Gasteiger partial charge in [-0.3, -0.25) is 14.3 Å². The fraction of sp³-hybridized carbons (Fsp3) is 0.211. The molecular weight excluding hydrogens is 412 g/mol. The minimum absolute atomic E-state index is 0.0247. The fourth-order valence-electron chi connectivity index (χ4n) is 2.67. The second kappa shape index (κ2) is 9.03. The number of sulfonamides is 1. The van der Waals surface area contributed by atoms with Crippen molar-refractivity contribution < 1.29 is 22.5 Å². The van der Waals surface area contributed by atoms with Crippen molar-refractivity contribution in [3.63, 3.8) is 0 Å². The van der Waals surface area contributed by atoms with Crippen LogP contribution in [0.15, 0.2) is 56.7 Å². The van der Waals surface area contributed by atoms with Crippen LogP contribution in [0.4, 0.5) is 5.69 Å². The first-order valence-corrected chi connectivity index (χ1v) is 10.4. The Bertz CT molecular complexity index is 1220. The molecule has 0 spiro atoms. The largest absolute Gasteiger partial charge is 0.439 e. The van der Waals surface area contributed by atoms with Crippen LogP contribution in [0, 0.1) is 6.92 Å². The molecule has 1 heterocycles. The Kier molecular flexibility index (Phi) is 6.45. The van der Waals surface area contributed by atoms with Crippen molar-refractivity contribution in [2.24, 2.45) is 0 Å². The van der Waals surface area contributed by atoms with Gasteiger partial charge < -0.3 is 10.1 Å². The molecule has 10 nitrogen and oxygen atoms in total. The minimum Gasteiger partial charge on any atom is -0.383 e. The molecule has 0 aliphatic rings. The smallest absolute Gasteiger partial charge is 0.383 e. The predicted molar refractivity (Wildman–Crippen MR) is 109 cm³/mol. The van der Waals surface area contributed by atoms with Crippen molar-refractivity contribution >= 4 is 21.6 Å². The highest BCUT2D eigenvalue weighted by molar-refractivity contribution is 7.89. The molecular formula is C19H20N4O6S. The van der Waals surface area contributed by atoms with Crippen LogP contribution in [-0.4, -0.2) is 44.7 Å². The highest BCUT2D eigenvalue weighted by Crippen LogP contribution is 2.21. The summed E-state index contributed by atoms with van der Waals surface area (Å²) >= 11 is 0. The Morgan fingerprint density at radius 2 is 2.03 bits per heavy atom. The zero-order chi connectivity index (χ0) is 21.7. The first kappa shape index (κ1) is 21.4. The molecule has 3 N–H and O–H groups in total. The van der Waals surface area contributed by atoms with E-state index in [9.17, 15) is 18.0 Å². The number of aromatic nitrogens is 2. The Hall–Kier alpha value is -3.28. The summed E-state index contributed by atoms with van der Waals surface area (Å²) in [6.45, 7) is 2.05. The molecule has 30 heavy (non-hydrogen) atoms. The summed E-state index contributed by atoms with van der Waals surface area (Å²) in [6, 6.07) is 10.9. The van der Waals surface area contributed by atoms with E-state index in [0.29, 0.717) is 16.8 Å². The zero-order valence-corrected chi connectivity index (χ0v) is 17.1. The van der Waals surface area contributed by atoms with Crippen LogP contribution in [-0.2, 0) is 14.8 Å². The van der Waals surface area contributed by atoms with Gasteiger partial charge in [-0.05, 0) is 36.8 Å². The number of nitrogens with one attached hydrogen (secondary N) is 3. The average Bonchev–Trinajstić information content (AvgIpc) is 3.15. The molecule has 1 amide bonds. The molecule has 0 radical (unpaired) electrons. The summed E-state index contributed by atoms with van der Waals surface area (Å²) in [5.41, 5.74) is 1.80. The van der Waals surface area contributed by atoms with Crippen molar-refractivity contribution in [1.82, 2.24) is 14.9 Å². The lowest BCUT2D eigenvalue weighted by Gasteiger charge is -2.11. The summed E-state index contributed by atoms with van der Waals surface area (Å²) in [7, 11) is -2.31. The van der Waals surface area contributed by atoms with Crippen LogP contribution in [0.2, 0.25) is 0 Å². The summed E-state index contributed by atoms with van der Waals surface area (Å²) in [5.74, 6) is -0.943. The van der Waals surface area contributed by atoms with E-state index in [1.807, 2.05) is 0 Å². The Labute approximate surface area is 172 Å². The number of amides is 1. The summed E-state index contributed by atoms with van der Waals surface area (Å²) in [5, 5.41) is 6.33. The van der Waals surface area contributed by atoms with Gasteiger partial charge in [0, 0.05) is 30.5 Å². The van der Waals surface area contributed by atoms with Gasteiger partial charge in [-0.25, -0.2) is 17.9 Å². The normalized spacial score (nSPS) is 11.4. The predicted octanol–water partition coefficient (Wildman–Crippen LogP) is 1.52. The number of anilines is 1. The van der Waals surface area contributed by atoms with Gasteiger partial charge in [0.25, 0.3) is 5.91 Å². The van der Waals surface area contributed by atoms with E-state index in [0.717, 1.165) is 0 Å². The Morgan fingerprint density at radius 3 is 2.73 bits per heavy atom. The number of carbonyl (C=O) groups is 1. The van der Waals surface area contributed by atoms with Crippen molar-refractivity contribution in [2.45, 2.75) is 11.8 Å². The van der Waals surface area contributed by atoms with Crippen molar-refractivity contribution in [2.75, 3.05) is 25.6 Å². The molecule has 0 fully saturated rings. The van der Waals surface area contributed by atoms with Crippen molar-refractivity contribution in [3.05, 3.63) is 64.1 Å². The summed E-state index contributed by atoms with van der Waals surface area (Å²) in [4.78, 5) is 26.3. The van der Waals surface area contributed by atoms with Gasteiger partial charge in [0.2, 0.25) is 10.0 Å². The summed E-state index contributed by atoms with van der Waals surface area (Å²) < 4.78 is 36.6. The van der Waals surface area contributed by atoms with E-state index in [-0.39, 0.29) is 29.4 Å². The molecule has 3 rings (SSSR count). The zero-order valence-electron chi connectivity index (χ0n) is 16.3. The molecule has 0 bridgehead atoms. The Morgan fingerprint density at radius 1 is 1.23 bits per heavy atom. The first-order valence-electron chi connectivity index (χ1n) is 8.87. The fourth-order valence-corrected chi connectivity index (χ4v) is 3.71. The van der Waals surface area contributed by atoms with Gasteiger partial charge in [-0.15, -0.1) is 0 Å². The standard InChI is InChI=1S/C19H20N4O6S/c1-12-6-7-15(30(26,27)20-8-9-28-2)11-16(12)18(24)21-14-5-3-4-13(10-14)17-22-19(25)29-23-17/h3-7,10-11,20H,8-9H2,1-2H3,(H,21,24)(H,22,23,25). The van der Waals surface area contributed by atoms with E-state index < -0.39 is 21.7 Å². The number of hydrogen-bond donors (Lipinski definition) is 3. The van der Waals surface area contributed by atoms with Crippen LogP contribution < -0.4 is 15.8 Å². The molecule has 11 heteroatoms. The van der Waals surface area contributed by atoms with E-state index in [1.165, 1.54) is 19.2 Å². The lowest BCUT2D eigenvalue weighted by molar-refractivity contribution is 0.102. The maximum Gasteiger partial charge on any atom is 0.439 e. The third-order valence-electron chi connectivity index (χ3n) is 4.20. The number of aryl methyl sites for hydroxylation is 1. The van der Waals surface area contributed by atoms with Gasteiger partial charge >= 0.3 is 5.76 Å². The van der Waals surface area contributed by atoms with E-state index in [1.54, 1.807) is 37.3 Å². The van der Waals surface area contributed by atoms with E-state index in [4.69, 9.17) is 4.74 Å². The molecule has 0 aliphatic carbocycles. The number of hydrogen-bond acceptors (Lipinski definition) is 7. The van der Waals surface area contributed by atoms with E-state index in [2.05, 4.69) is 24.7 Å². The van der Waals surface area contributed by atoms with Crippen molar-refractivity contribution in [1.29, 1.82) is 0 Å². The van der Waals surface area contributed by atoms with Crippen LogP contribution in [0.1, 0.15) is 15.9 Å². The van der Waals surface area contributed by atoms with Crippen LogP contribution in [0.3, 0.4) is 0 Å². The minimum atomic E-state index is -3.78. The number of benzene rings is 2. The molecule has 0 aliphatic heterocycles.